The van der Waals surface area contributed by atoms with Crippen LogP contribution in [0.1, 0.15) is 30.7 Å². The smallest absolute Gasteiger partial charge is 0.212 e. The Morgan fingerprint density at radius 2 is 2.17 bits per heavy atom. The summed E-state index contributed by atoms with van der Waals surface area (Å²) in [6.07, 6.45) is 6.51. The van der Waals surface area contributed by atoms with Gasteiger partial charge in [-0.25, -0.2) is 13.4 Å². The molecule has 1 N–H and O–H groups in total. The van der Waals surface area contributed by atoms with Gasteiger partial charge in [0.2, 0.25) is 10.0 Å². The molecule has 1 atom stereocenters. The van der Waals surface area contributed by atoms with Crippen LogP contribution in [0.5, 0.6) is 0 Å². The molecule has 0 aliphatic carbocycles. The summed E-state index contributed by atoms with van der Waals surface area (Å²) in [5.41, 5.74) is 1.58. The van der Waals surface area contributed by atoms with Gasteiger partial charge in [-0.05, 0) is 25.2 Å². The molecule has 4 rings (SSSR count). The predicted molar refractivity (Wildman–Crippen MR) is 90.1 cm³/mol. The van der Waals surface area contributed by atoms with Gasteiger partial charge in [-0.2, -0.15) is 4.31 Å². The second-order valence-corrected chi connectivity index (χ2v) is 9.28. The molecule has 0 aromatic carbocycles. The van der Waals surface area contributed by atoms with Crippen molar-refractivity contribution in [2.24, 2.45) is 5.92 Å². The van der Waals surface area contributed by atoms with Gasteiger partial charge >= 0.3 is 0 Å². The zero-order valence-electron chi connectivity index (χ0n) is 14.2. The van der Waals surface area contributed by atoms with E-state index in [9.17, 15) is 8.42 Å². The Balaban J connectivity index is 1.56. The van der Waals surface area contributed by atoms with Gasteiger partial charge in [-0.3, -0.25) is 0 Å². The summed E-state index contributed by atoms with van der Waals surface area (Å²) in [7, 11) is -3.25. The Morgan fingerprint density at radius 1 is 1.38 bits per heavy atom. The number of aromatic nitrogens is 2. The standard InChI is InChI=1S/C16H26N4O3S/c1-24(21,22)20-6-2-14-15(18-12-17-14)16(20)4-7-19(8-5-16)10-13-3-9-23-11-13/h12-13H,2-11H2,1H3,(H,17,18). The van der Waals surface area contributed by atoms with E-state index in [0.717, 1.165) is 63.5 Å². The normalized spacial score (nSPS) is 28.3. The second kappa shape index (κ2) is 6.09. The Kier molecular flexibility index (Phi) is 4.19. The van der Waals surface area contributed by atoms with Gasteiger partial charge in [-0.1, -0.05) is 0 Å². The summed E-state index contributed by atoms with van der Waals surface area (Å²) in [5, 5.41) is 0. The molecule has 3 aliphatic rings. The number of likely N-dealkylation sites (tertiary alicyclic amines) is 1. The maximum absolute atomic E-state index is 12.4. The SMILES string of the molecule is CS(=O)(=O)N1CCc2[nH]cnc2C12CCN(CC1CCOC1)CC2. The van der Waals surface area contributed by atoms with Crippen LogP contribution in [0.3, 0.4) is 0 Å². The van der Waals surface area contributed by atoms with Crippen molar-refractivity contribution in [2.75, 3.05) is 45.6 Å². The molecule has 134 valence electrons. The fraction of sp³-hybridized carbons (Fsp3) is 0.812. The highest BCUT2D eigenvalue weighted by Crippen LogP contribution is 2.43. The molecule has 1 spiro atoms. The minimum atomic E-state index is -3.25. The summed E-state index contributed by atoms with van der Waals surface area (Å²) >= 11 is 0. The number of ether oxygens (including phenoxy) is 1. The van der Waals surface area contributed by atoms with Gasteiger partial charge in [0.25, 0.3) is 0 Å². The number of rotatable bonds is 3. The van der Waals surface area contributed by atoms with E-state index in [1.54, 1.807) is 10.6 Å². The monoisotopic (exact) mass is 354 g/mol. The first-order valence-corrected chi connectivity index (χ1v) is 10.6. The van der Waals surface area contributed by atoms with Crippen LogP contribution < -0.4 is 0 Å². The summed E-state index contributed by atoms with van der Waals surface area (Å²) in [6.45, 7) is 5.16. The van der Waals surface area contributed by atoms with E-state index in [0.29, 0.717) is 18.9 Å². The lowest BCUT2D eigenvalue weighted by Gasteiger charge is -2.49. The van der Waals surface area contributed by atoms with Gasteiger partial charge in [0, 0.05) is 44.9 Å². The lowest BCUT2D eigenvalue weighted by atomic mass is 9.80. The van der Waals surface area contributed by atoms with Crippen molar-refractivity contribution >= 4 is 10.0 Å². The van der Waals surface area contributed by atoms with Crippen LogP contribution in [0, 0.1) is 5.92 Å². The Hall–Kier alpha value is -0.960. The van der Waals surface area contributed by atoms with Crippen LogP contribution in [-0.4, -0.2) is 73.2 Å². The number of nitrogens with one attached hydrogen (secondary N) is 1. The van der Waals surface area contributed by atoms with Crippen LogP contribution in [-0.2, 0) is 26.7 Å². The van der Waals surface area contributed by atoms with Crippen molar-refractivity contribution < 1.29 is 13.2 Å². The fourth-order valence-corrected chi connectivity index (χ4v) is 5.95. The molecular weight excluding hydrogens is 328 g/mol. The molecule has 0 saturated carbocycles. The summed E-state index contributed by atoms with van der Waals surface area (Å²) < 4.78 is 32.0. The van der Waals surface area contributed by atoms with Crippen LogP contribution in [0.4, 0.5) is 0 Å². The van der Waals surface area contributed by atoms with Crippen molar-refractivity contribution in [3.8, 4) is 0 Å². The number of hydrogen-bond donors (Lipinski definition) is 1. The molecule has 2 fully saturated rings. The van der Waals surface area contributed by atoms with Crippen molar-refractivity contribution in [1.29, 1.82) is 0 Å². The molecule has 4 heterocycles. The highest BCUT2D eigenvalue weighted by Gasteiger charge is 2.50. The van der Waals surface area contributed by atoms with Crippen LogP contribution in [0.25, 0.3) is 0 Å². The number of fused-ring (bicyclic) bond motifs is 2. The van der Waals surface area contributed by atoms with Crippen molar-refractivity contribution in [3.05, 3.63) is 17.7 Å². The largest absolute Gasteiger partial charge is 0.381 e. The Bertz CT molecular complexity index is 688. The van der Waals surface area contributed by atoms with Gasteiger partial charge in [-0.15, -0.1) is 0 Å². The van der Waals surface area contributed by atoms with Crippen LogP contribution in [0.2, 0.25) is 0 Å². The topological polar surface area (TPSA) is 78.5 Å². The second-order valence-electron chi connectivity index (χ2n) is 7.38. The zero-order valence-corrected chi connectivity index (χ0v) is 15.0. The van der Waals surface area contributed by atoms with Crippen LogP contribution >= 0.6 is 0 Å². The highest BCUT2D eigenvalue weighted by molar-refractivity contribution is 7.88. The number of hydrogen-bond acceptors (Lipinski definition) is 5. The first-order valence-electron chi connectivity index (χ1n) is 8.80. The third kappa shape index (κ3) is 2.79. The van der Waals surface area contributed by atoms with Gasteiger partial charge in [0.1, 0.15) is 0 Å². The average Bonchev–Trinajstić information content (AvgIpc) is 3.20. The summed E-state index contributed by atoms with van der Waals surface area (Å²) in [4.78, 5) is 10.2. The molecular formula is C16H26N4O3S. The summed E-state index contributed by atoms with van der Waals surface area (Å²) in [5.74, 6) is 0.623. The first kappa shape index (κ1) is 16.5. The zero-order chi connectivity index (χ0) is 16.8. The number of imidazole rings is 1. The molecule has 24 heavy (non-hydrogen) atoms. The molecule has 1 unspecified atom stereocenters. The fourth-order valence-electron chi connectivity index (χ4n) is 4.63. The van der Waals surface area contributed by atoms with Gasteiger partial charge in [0.05, 0.1) is 30.4 Å². The predicted octanol–water partition coefficient (Wildman–Crippen LogP) is 0.555. The Morgan fingerprint density at radius 3 is 2.83 bits per heavy atom. The molecule has 0 amide bonds. The third-order valence-electron chi connectivity index (χ3n) is 5.83. The van der Waals surface area contributed by atoms with Crippen molar-refractivity contribution in [1.82, 2.24) is 19.2 Å². The maximum atomic E-state index is 12.4. The minimum absolute atomic E-state index is 0.468. The van der Waals surface area contributed by atoms with E-state index in [1.807, 2.05) is 0 Å². The molecule has 0 bridgehead atoms. The number of sulfonamides is 1. The quantitative estimate of drug-likeness (QED) is 0.858. The Labute approximate surface area is 143 Å². The van der Waals surface area contributed by atoms with E-state index < -0.39 is 15.6 Å². The van der Waals surface area contributed by atoms with Crippen molar-refractivity contribution in [2.45, 2.75) is 31.2 Å². The molecule has 0 radical (unpaired) electrons. The number of H-pyrrole nitrogens is 1. The van der Waals surface area contributed by atoms with E-state index in [2.05, 4.69) is 14.9 Å². The van der Waals surface area contributed by atoms with Crippen LogP contribution in [0.15, 0.2) is 6.33 Å². The molecule has 2 saturated heterocycles. The van der Waals surface area contributed by atoms with E-state index >= 15 is 0 Å². The lowest BCUT2D eigenvalue weighted by molar-refractivity contribution is 0.0551. The lowest BCUT2D eigenvalue weighted by Crippen LogP contribution is -2.58. The first-order chi connectivity index (χ1) is 11.5. The number of aromatic amines is 1. The van der Waals surface area contributed by atoms with E-state index in [1.165, 1.54) is 6.26 Å². The molecule has 3 aliphatic heterocycles. The highest BCUT2D eigenvalue weighted by atomic mass is 32.2. The molecule has 8 heteroatoms. The van der Waals surface area contributed by atoms with E-state index in [-0.39, 0.29) is 0 Å². The summed E-state index contributed by atoms with van der Waals surface area (Å²) in [6, 6.07) is 0. The third-order valence-corrected chi connectivity index (χ3v) is 7.16. The van der Waals surface area contributed by atoms with E-state index in [4.69, 9.17) is 4.74 Å². The van der Waals surface area contributed by atoms with Crippen molar-refractivity contribution in [3.63, 3.8) is 0 Å². The maximum Gasteiger partial charge on any atom is 0.212 e. The number of piperidine rings is 1. The van der Waals surface area contributed by atoms with Gasteiger partial charge in [0.15, 0.2) is 0 Å². The molecule has 1 aromatic rings. The molecule has 1 aromatic heterocycles. The van der Waals surface area contributed by atoms with Gasteiger partial charge < -0.3 is 14.6 Å². The molecule has 7 nitrogen and oxygen atoms in total. The number of nitrogens with zero attached hydrogens (tertiary/aromatic N) is 3. The minimum Gasteiger partial charge on any atom is -0.381 e. The average molecular weight is 354 g/mol.